The van der Waals surface area contributed by atoms with Crippen LogP contribution in [0, 0.1) is 0 Å². The largest absolute Gasteiger partial charge is 0.497 e. The number of hydrogen-bond donors (Lipinski definition) is 2. The second-order valence-corrected chi connectivity index (χ2v) is 7.26. The summed E-state index contributed by atoms with van der Waals surface area (Å²) < 4.78 is 10.6. The minimum Gasteiger partial charge on any atom is -0.497 e. The number of nitrogens with one attached hydrogen (secondary N) is 2. The van der Waals surface area contributed by atoms with Crippen LogP contribution in [0.2, 0.25) is 0 Å². The van der Waals surface area contributed by atoms with Crippen molar-refractivity contribution in [2.24, 2.45) is 0 Å². The van der Waals surface area contributed by atoms with Crippen molar-refractivity contribution < 1.29 is 14.3 Å². The lowest BCUT2D eigenvalue weighted by Gasteiger charge is -2.29. The Morgan fingerprint density at radius 1 is 1.10 bits per heavy atom. The molecule has 0 spiro atoms. The van der Waals surface area contributed by atoms with E-state index in [1.165, 1.54) is 0 Å². The van der Waals surface area contributed by atoms with Crippen LogP contribution in [0.5, 0.6) is 5.75 Å². The van der Waals surface area contributed by atoms with Crippen molar-refractivity contribution >= 4 is 17.3 Å². The maximum atomic E-state index is 12.7. The summed E-state index contributed by atoms with van der Waals surface area (Å²) in [6.45, 7) is 7.32. The predicted molar refractivity (Wildman–Crippen MR) is 117 cm³/mol. The summed E-state index contributed by atoms with van der Waals surface area (Å²) in [4.78, 5) is 15.0. The molecular weight excluding hydrogens is 366 g/mol. The minimum atomic E-state index is -0.319. The third-order valence-electron chi connectivity index (χ3n) is 5.28. The van der Waals surface area contributed by atoms with Gasteiger partial charge in [-0.15, -0.1) is 0 Å². The first-order chi connectivity index (χ1) is 14.1. The zero-order valence-electron chi connectivity index (χ0n) is 17.5. The van der Waals surface area contributed by atoms with Gasteiger partial charge in [0.25, 0.3) is 0 Å². The summed E-state index contributed by atoms with van der Waals surface area (Å²) in [6.07, 6.45) is 0.887. The van der Waals surface area contributed by atoms with Gasteiger partial charge < -0.3 is 19.7 Å². The molecule has 1 fully saturated rings. The molecule has 156 valence electrons. The SMILES string of the molecule is CC[C@@H](N[C@@H](C)C(=O)Nc1ccc(N2CCOCC2)cc1)c1ccc(OC)cc1. The van der Waals surface area contributed by atoms with E-state index in [2.05, 4.69) is 22.5 Å². The fraction of sp³-hybridized carbons (Fsp3) is 0.435. The Hall–Kier alpha value is -2.57. The van der Waals surface area contributed by atoms with Gasteiger partial charge in [0.05, 0.1) is 26.4 Å². The van der Waals surface area contributed by atoms with Crippen molar-refractivity contribution in [3.05, 3.63) is 54.1 Å². The molecule has 1 aliphatic rings. The first-order valence-corrected chi connectivity index (χ1v) is 10.2. The van der Waals surface area contributed by atoms with Crippen LogP contribution in [0.4, 0.5) is 11.4 Å². The molecule has 2 aromatic rings. The highest BCUT2D eigenvalue weighted by Gasteiger charge is 2.18. The zero-order valence-corrected chi connectivity index (χ0v) is 17.5. The molecule has 29 heavy (non-hydrogen) atoms. The van der Waals surface area contributed by atoms with Crippen LogP contribution in [-0.4, -0.2) is 45.4 Å². The molecule has 0 unspecified atom stereocenters. The van der Waals surface area contributed by atoms with Crippen molar-refractivity contribution in [2.75, 3.05) is 43.6 Å². The van der Waals surface area contributed by atoms with E-state index in [-0.39, 0.29) is 18.0 Å². The highest BCUT2D eigenvalue weighted by molar-refractivity contribution is 5.94. The van der Waals surface area contributed by atoms with Gasteiger partial charge in [0, 0.05) is 30.5 Å². The molecule has 1 saturated heterocycles. The number of amides is 1. The summed E-state index contributed by atoms with van der Waals surface area (Å²) in [7, 11) is 1.66. The molecule has 2 aromatic carbocycles. The third kappa shape index (κ3) is 5.71. The lowest BCUT2D eigenvalue weighted by atomic mass is 10.0. The molecule has 1 heterocycles. The molecule has 3 rings (SSSR count). The summed E-state index contributed by atoms with van der Waals surface area (Å²) in [5.41, 5.74) is 3.10. The summed E-state index contributed by atoms with van der Waals surface area (Å²) in [5.74, 6) is 0.783. The highest BCUT2D eigenvalue weighted by Crippen LogP contribution is 2.22. The maximum absolute atomic E-state index is 12.7. The Balaban J connectivity index is 1.56. The van der Waals surface area contributed by atoms with E-state index >= 15 is 0 Å². The quantitative estimate of drug-likeness (QED) is 0.713. The molecule has 6 heteroatoms. The number of nitrogens with zero attached hydrogens (tertiary/aromatic N) is 1. The Morgan fingerprint density at radius 3 is 2.34 bits per heavy atom. The smallest absolute Gasteiger partial charge is 0.241 e. The topological polar surface area (TPSA) is 62.8 Å². The van der Waals surface area contributed by atoms with Gasteiger partial charge in [-0.1, -0.05) is 19.1 Å². The molecule has 0 saturated carbocycles. The number of anilines is 2. The summed E-state index contributed by atoms with van der Waals surface area (Å²) in [6, 6.07) is 15.7. The van der Waals surface area contributed by atoms with Crippen molar-refractivity contribution in [1.82, 2.24) is 5.32 Å². The first kappa shape index (κ1) is 21.1. The summed E-state index contributed by atoms with van der Waals surface area (Å²) in [5, 5.41) is 6.43. The zero-order chi connectivity index (χ0) is 20.6. The van der Waals surface area contributed by atoms with E-state index in [1.807, 2.05) is 55.5 Å². The normalized spacial score (nSPS) is 16.2. The lowest BCUT2D eigenvalue weighted by Crippen LogP contribution is -2.40. The number of morpholine rings is 1. The fourth-order valence-corrected chi connectivity index (χ4v) is 3.49. The van der Waals surface area contributed by atoms with E-state index in [0.717, 1.165) is 55.4 Å². The van der Waals surface area contributed by atoms with E-state index in [1.54, 1.807) is 7.11 Å². The van der Waals surface area contributed by atoms with E-state index < -0.39 is 0 Å². The Bertz CT molecular complexity index is 771. The number of methoxy groups -OCH3 is 1. The predicted octanol–water partition coefficient (Wildman–Crippen LogP) is 3.60. The molecule has 2 N–H and O–H groups in total. The molecule has 0 aromatic heterocycles. The number of benzene rings is 2. The van der Waals surface area contributed by atoms with Crippen molar-refractivity contribution in [3.8, 4) is 5.75 Å². The van der Waals surface area contributed by atoms with Crippen molar-refractivity contribution in [1.29, 1.82) is 0 Å². The average molecular weight is 398 g/mol. The molecule has 0 radical (unpaired) electrons. The standard InChI is InChI=1S/C23H31N3O3/c1-4-22(18-5-11-21(28-3)12-6-18)24-17(2)23(27)25-19-7-9-20(10-8-19)26-13-15-29-16-14-26/h5-12,17,22,24H,4,13-16H2,1-3H3,(H,25,27)/t17-,22+/m0/s1. The monoisotopic (exact) mass is 397 g/mol. The maximum Gasteiger partial charge on any atom is 0.241 e. The molecule has 6 nitrogen and oxygen atoms in total. The third-order valence-corrected chi connectivity index (χ3v) is 5.28. The van der Waals surface area contributed by atoms with Crippen LogP contribution in [0.1, 0.15) is 31.9 Å². The van der Waals surface area contributed by atoms with Crippen LogP contribution in [-0.2, 0) is 9.53 Å². The second-order valence-electron chi connectivity index (χ2n) is 7.26. The lowest BCUT2D eigenvalue weighted by molar-refractivity contribution is -0.118. The van der Waals surface area contributed by atoms with Crippen molar-refractivity contribution in [2.45, 2.75) is 32.4 Å². The number of carbonyl (C=O) groups excluding carboxylic acids is 1. The highest BCUT2D eigenvalue weighted by atomic mass is 16.5. The van der Waals surface area contributed by atoms with E-state index in [0.29, 0.717) is 0 Å². The number of carbonyl (C=O) groups is 1. The second kappa shape index (κ2) is 10.3. The number of ether oxygens (including phenoxy) is 2. The molecule has 1 amide bonds. The summed E-state index contributed by atoms with van der Waals surface area (Å²) >= 11 is 0. The number of hydrogen-bond acceptors (Lipinski definition) is 5. The molecule has 2 atom stereocenters. The minimum absolute atomic E-state index is 0.0453. The van der Waals surface area contributed by atoms with Crippen LogP contribution >= 0.6 is 0 Å². The fourth-order valence-electron chi connectivity index (χ4n) is 3.49. The van der Waals surface area contributed by atoms with Crippen LogP contribution < -0.4 is 20.3 Å². The van der Waals surface area contributed by atoms with Crippen LogP contribution in [0.3, 0.4) is 0 Å². The van der Waals surface area contributed by atoms with Gasteiger partial charge in [-0.05, 0) is 55.3 Å². The molecule has 0 aliphatic carbocycles. The van der Waals surface area contributed by atoms with Gasteiger partial charge in [-0.25, -0.2) is 0 Å². The average Bonchev–Trinajstić information content (AvgIpc) is 2.78. The van der Waals surface area contributed by atoms with Gasteiger partial charge in [0.2, 0.25) is 5.91 Å². The van der Waals surface area contributed by atoms with Gasteiger partial charge >= 0.3 is 0 Å². The van der Waals surface area contributed by atoms with Crippen LogP contribution in [0.15, 0.2) is 48.5 Å². The van der Waals surface area contributed by atoms with Crippen molar-refractivity contribution in [3.63, 3.8) is 0 Å². The number of rotatable bonds is 8. The van der Waals surface area contributed by atoms with Crippen LogP contribution in [0.25, 0.3) is 0 Å². The van der Waals surface area contributed by atoms with Gasteiger partial charge in [-0.3, -0.25) is 10.1 Å². The Kier molecular flexibility index (Phi) is 7.49. The first-order valence-electron chi connectivity index (χ1n) is 10.2. The van der Waals surface area contributed by atoms with Gasteiger partial charge in [0.15, 0.2) is 0 Å². The Morgan fingerprint density at radius 2 is 1.76 bits per heavy atom. The molecule has 1 aliphatic heterocycles. The van der Waals surface area contributed by atoms with Gasteiger partial charge in [-0.2, -0.15) is 0 Å². The molecule has 0 bridgehead atoms. The van der Waals surface area contributed by atoms with Gasteiger partial charge in [0.1, 0.15) is 5.75 Å². The molecular formula is C23H31N3O3. The van der Waals surface area contributed by atoms with E-state index in [4.69, 9.17) is 9.47 Å². The Labute approximate surface area is 173 Å². The van der Waals surface area contributed by atoms with E-state index in [9.17, 15) is 4.79 Å².